The van der Waals surface area contributed by atoms with Crippen molar-refractivity contribution in [1.82, 2.24) is 0 Å². The normalized spacial score (nSPS) is 23.0. The van der Waals surface area contributed by atoms with Crippen molar-refractivity contribution in [1.29, 1.82) is 5.41 Å². The molecule has 0 bridgehead atoms. The molecule has 1 aromatic carbocycles. The summed E-state index contributed by atoms with van der Waals surface area (Å²) in [4.78, 5) is 0.379. The molecule has 1 saturated carbocycles. The Labute approximate surface area is 127 Å². The number of rotatable bonds is 4. The number of nitrogens with two attached hydrogens (primary N) is 1. The quantitative estimate of drug-likeness (QED) is 0.590. The van der Waals surface area contributed by atoms with Crippen molar-refractivity contribution in [2.75, 3.05) is 0 Å². The lowest BCUT2D eigenvalue weighted by atomic mass is 9.95. The van der Waals surface area contributed by atoms with Crippen LogP contribution in [0.3, 0.4) is 0 Å². The van der Waals surface area contributed by atoms with Crippen molar-refractivity contribution >= 4 is 23.4 Å². The maximum absolute atomic E-state index is 11.7. The van der Waals surface area contributed by atoms with Gasteiger partial charge in [-0.2, -0.15) is 0 Å². The van der Waals surface area contributed by atoms with E-state index in [4.69, 9.17) is 11.1 Å². The van der Waals surface area contributed by atoms with Crippen molar-refractivity contribution < 1.29 is 8.76 Å². The Bertz CT molecular complexity index is 663. The summed E-state index contributed by atoms with van der Waals surface area (Å²) in [6.07, 6.45) is 7.35. The second kappa shape index (κ2) is 5.48. The lowest BCUT2D eigenvalue weighted by Crippen LogP contribution is -2.09. The fourth-order valence-electron chi connectivity index (χ4n) is 3.16. The molecule has 0 radical (unpaired) electrons. The number of allylic oxidation sites excluding steroid dienone is 1. The Morgan fingerprint density at radius 1 is 1.43 bits per heavy atom. The van der Waals surface area contributed by atoms with E-state index in [1.54, 1.807) is 6.07 Å². The zero-order chi connectivity index (χ0) is 15.1. The van der Waals surface area contributed by atoms with Crippen LogP contribution in [0.1, 0.15) is 54.5 Å². The van der Waals surface area contributed by atoms with Gasteiger partial charge in [0.15, 0.2) is 11.1 Å². The standard InChI is InChI=1S/C16H20N2O2S/c1-9(10-2-3-10)6-13-14(8-17)11-4-5-15(18)12(11)7-16(13)21(19)20/h6-8,10,15,17H,2-5,18H2,1H3,(H,19,20)/b9-6+,17-8?/t15-/m1/s1. The van der Waals surface area contributed by atoms with E-state index >= 15 is 0 Å². The topological polar surface area (TPSA) is 87.2 Å². The first-order valence-electron chi connectivity index (χ1n) is 7.27. The molecule has 0 aromatic heterocycles. The fraction of sp³-hybridized carbons (Fsp3) is 0.438. The van der Waals surface area contributed by atoms with E-state index in [0.29, 0.717) is 10.8 Å². The van der Waals surface area contributed by atoms with Crippen LogP contribution in [0.5, 0.6) is 0 Å². The van der Waals surface area contributed by atoms with Gasteiger partial charge in [-0.1, -0.05) is 11.6 Å². The van der Waals surface area contributed by atoms with Gasteiger partial charge >= 0.3 is 0 Å². The van der Waals surface area contributed by atoms with Crippen LogP contribution in [0.25, 0.3) is 6.08 Å². The van der Waals surface area contributed by atoms with Crippen molar-refractivity contribution in [2.45, 2.75) is 43.5 Å². The number of fused-ring (bicyclic) bond motifs is 1. The molecule has 2 aliphatic carbocycles. The van der Waals surface area contributed by atoms with E-state index in [-0.39, 0.29) is 6.04 Å². The average Bonchev–Trinajstić information content (AvgIpc) is 3.23. The minimum Gasteiger partial charge on any atom is -0.324 e. The number of hydrogen-bond donors (Lipinski definition) is 3. The molecule has 1 unspecified atom stereocenters. The number of hydrogen-bond acceptors (Lipinski definition) is 3. The summed E-state index contributed by atoms with van der Waals surface area (Å²) in [6, 6.07) is 1.67. The van der Waals surface area contributed by atoms with Crippen molar-refractivity contribution in [3.05, 3.63) is 33.9 Å². The van der Waals surface area contributed by atoms with E-state index in [0.717, 1.165) is 35.1 Å². The highest BCUT2D eigenvalue weighted by Gasteiger charge is 2.28. The van der Waals surface area contributed by atoms with E-state index in [1.165, 1.54) is 24.6 Å². The Balaban J connectivity index is 2.23. The molecular weight excluding hydrogens is 284 g/mol. The van der Waals surface area contributed by atoms with Crippen LogP contribution in [0.4, 0.5) is 0 Å². The van der Waals surface area contributed by atoms with Crippen LogP contribution in [-0.4, -0.2) is 15.0 Å². The molecule has 5 heteroatoms. The van der Waals surface area contributed by atoms with Crippen LogP contribution in [-0.2, 0) is 17.5 Å². The Kier molecular flexibility index (Phi) is 3.82. The summed E-state index contributed by atoms with van der Waals surface area (Å²) in [7, 11) is 0. The molecule has 112 valence electrons. The number of benzene rings is 1. The molecule has 2 aliphatic rings. The maximum atomic E-state index is 11.7. The second-order valence-corrected chi connectivity index (χ2v) is 6.91. The summed E-state index contributed by atoms with van der Waals surface area (Å²) >= 11 is -2.07. The van der Waals surface area contributed by atoms with Crippen molar-refractivity contribution in [3.8, 4) is 0 Å². The lowest BCUT2D eigenvalue weighted by Gasteiger charge is -2.14. The zero-order valence-electron chi connectivity index (χ0n) is 12.1. The highest BCUT2D eigenvalue weighted by Crippen LogP contribution is 2.40. The summed E-state index contributed by atoms with van der Waals surface area (Å²) in [6.45, 7) is 2.06. The van der Waals surface area contributed by atoms with E-state index in [2.05, 4.69) is 6.92 Å². The van der Waals surface area contributed by atoms with Crippen molar-refractivity contribution in [3.63, 3.8) is 0 Å². The molecule has 0 saturated heterocycles. The van der Waals surface area contributed by atoms with E-state index < -0.39 is 11.1 Å². The lowest BCUT2D eigenvalue weighted by molar-refractivity contribution is 0.564. The predicted molar refractivity (Wildman–Crippen MR) is 85.0 cm³/mol. The molecule has 0 heterocycles. The molecule has 1 aromatic rings. The molecule has 2 atom stereocenters. The molecule has 0 amide bonds. The first-order chi connectivity index (χ1) is 10.0. The largest absolute Gasteiger partial charge is 0.324 e. The molecule has 21 heavy (non-hydrogen) atoms. The smallest absolute Gasteiger partial charge is 0.187 e. The molecule has 1 fully saturated rings. The fourth-order valence-corrected chi connectivity index (χ4v) is 3.75. The highest BCUT2D eigenvalue weighted by atomic mass is 32.2. The van der Waals surface area contributed by atoms with Gasteiger partial charge in [-0.25, -0.2) is 4.21 Å². The van der Waals surface area contributed by atoms with Gasteiger partial charge in [0.1, 0.15) is 0 Å². The van der Waals surface area contributed by atoms with Crippen LogP contribution in [0.2, 0.25) is 0 Å². The monoisotopic (exact) mass is 304 g/mol. The molecule has 0 spiro atoms. The Hall–Kier alpha value is -1.30. The van der Waals surface area contributed by atoms with Crippen molar-refractivity contribution in [2.24, 2.45) is 11.7 Å². The van der Waals surface area contributed by atoms with Gasteiger partial charge in [0.2, 0.25) is 0 Å². The summed E-state index contributed by atoms with van der Waals surface area (Å²) in [5.41, 5.74) is 10.8. The third-order valence-electron chi connectivity index (χ3n) is 4.55. The predicted octanol–water partition coefficient (Wildman–Crippen LogP) is 3.02. The maximum Gasteiger partial charge on any atom is 0.187 e. The van der Waals surface area contributed by atoms with Gasteiger partial charge in [-0.3, -0.25) is 0 Å². The van der Waals surface area contributed by atoms with E-state index in [1.807, 2.05) is 6.08 Å². The highest BCUT2D eigenvalue weighted by molar-refractivity contribution is 7.79. The summed E-state index contributed by atoms with van der Waals surface area (Å²) in [5.74, 6) is 0.596. The molecule has 4 N–H and O–H groups in total. The third-order valence-corrected chi connectivity index (χ3v) is 5.26. The molecule has 4 nitrogen and oxygen atoms in total. The molecule has 3 rings (SSSR count). The summed E-state index contributed by atoms with van der Waals surface area (Å²) < 4.78 is 21.4. The van der Waals surface area contributed by atoms with Gasteiger partial charge in [-0.15, -0.1) is 0 Å². The first kappa shape index (κ1) is 14.6. The SMILES string of the molecule is C/C(=C\c1c(S(=O)O)cc2c(c1C=N)CC[C@H]2N)C1CC1. The molecular formula is C16H20N2O2S. The van der Waals surface area contributed by atoms with Crippen LogP contribution < -0.4 is 5.73 Å². The van der Waals surface area contributed by atoms with Gasteiger partial charge < -0.3 is 15.7 Å². The molecule has 0 aliphatic heterocycles. The van der Waals surface area contributed by atoms with Gasteiger partial charge in [0.05, 0.1) is 4.90 Å². The number of nitrogens with one attached hydrogen (secondary N) is 1. The third kappa shape index (κ3) is 2.61. The van der Waals surface area contributed by atoms with Crippen LogP contribution >= 0.6 is 0 Å². The van der Waals surface area contributed by atoms with E-state index in [9.17, 15) is 8.76 Å². The van der Waals surface area contributed by atoms with Crippen LogP contribution in [0.15, 0.2) is 16.5 Å². The first-order valence-corrected chi connectivity index (χ1v) is 8.38. The summed E-state index contributed by atoms with van der Waals surface area (Å²) in [5, 5.41) is 7.75. The van der Waals surface area contributed by atoms with Gasteiger partial charge in [0.25, 0.3) is 0 Å². The zero-order valence-corrected chi connectivity index (χ0v) is 12.9. The minimum absolute atomic E-state index is 0.0939. The van der Waals surface area contributed by atoms with Gasteiger partial charge in [-0.05, 0) is 55.7 Å². The average molecular weight is 304 g/mol. The Morgan fingerprint density at radius 3 is 2.71 bits per heavy atom. The van der Waals surface area contributed by atoms with Crippen LogP contribution in [0, 0.1) is 11.3 Å². The van der Waals surface area contributed by atoms with Gasteiger partial charge in [0, 0.05) is 23.4 Å². The second-order valence-electron chi connectivity index (χ2n) is 5.97. The Morgan fingerprint density at radius 2 is 2.14 bits per heavy atom. The minimum atomic E-state index is -2.07.